The third-order valence-corrected chi connectivity index (χ3v) is 3.50. The van der Waals surface area contributed by atoms with Crippen LogP contribution in [-0.2, 0) is 0 Å². The van der Waals surface area contributed by atoms with Crippen molar-refractivity contribution in [3.05, 3.63) is 29.8 Å². The average molecular weight is 289 g/mol. The van der Waals surface area contributed by atoms with E-state index in [1.807, 2.05) is 13.8 Å². The van der Waals surface area contributed by atoms with E-state index in [1.54, 1.807) is 24.3 Å². The molecule has 1 aromatic carbocycles. The summed E-state index contributed by atoms with van der Waals surface area (Å²) in [6, 6.07) is 6.74. The van der Waals surface area contributed by atoms with Gasteiger partial charge in [-0.2, -0.15) is 0 Å². The second-order valence-electron chi connectivity index (χ2n) is 4.87. The molecule has 0 aromatic heterocycles. The van der Waals surface area contributed by atoms with Gasteiger partial charge in [-0.05, 0) is 30.2 Å². The number of carbonyl (C=O) groups is 1. The Kier molecular flexibility index (Phi) is 7.34. The van der Waals surface area contributed by atoms with Crippen LogP contribution in [-0.4, -0.2) is 30.3 Å². The van der Waals surface area contributed by atoms with E-state index in [2.05, 4.69) is 11.2 Å². The number of hydrogen-bond acceptors (Lipinski definition) is 3. The molecule has 1 aromatic rings. The Morgan fingerprint density at radius 1 is 1.33 bits per heavy atom. The molecule has 1 unspecified atom stereocenters. The Bertz CT molecular complexity index is 472. The second-order valence-corrected chi connectivity index (χ2v) is 4.87. The predicted octanol–water partition coefficient (Wildman–Crippen LogP) is 2.23. The molecule has 0 aliphatic rings. The molecule has 4 nitrogen and oxygen atoms in total. The van der Waals surface area contributed by atoms with E-state index in [4.69, 9.17) is 11.2 Å². The highest BCUT2D eigenvalue weighted by molar-refractivity contribution is 5.94. The van der Waals surface area contributed by atoms with Gasteiger partial charge in [-0.15, -0.1) is 6.42 Å². The molecule has 2 N–H and O–H groups in total. The number of hydrogen-bond donors (Lipinski definition) is 2. The van der Waals surface area contributed by atoms with Gasteiger partial charge in [0.15, 0.2) is 0 Å². The first-order valence-electron chi connectivity index (χ1n) is 7.24. The molecule has 1 rings (SSSR count). The van der Waals surface area contributed by atoms with Crippen molar-refractivity contribution in [3.63, 3.8) is 0 Å². The van der Waals surface area contributed by atoms with Gasteiger partial charge < -0.3 is 15.2 Å². The summed E-state index contributed by atoms with van der Waals surface area (Å²) in [7, 11) is 0. The zero-order valence-electron chi connectivity index (χ0n) is 12.6. The fourth-order valence-corrected chi connectivity index (χ4v) is 2.13. The fourth-order valence-electron chi connectivity index (χ4n) is 2.13. The molecule has 0 heterocycles. The van der Waals surface area contributed by atoms with Gasteiger partial charge in [0, 0.05) is 12.1 Å². The molecular formula is C17H23NO3. The van der Waals surface area contributed by atoms with Gasteiger partial charge >= 0.3 is 0 Å². The third-order valence-electron chi connectivity index (χ3n) is 3.50. The summed E-state index contributed by atoms with van der Waals surface area (Å²) in [4.78, 5) is 12.0. The lowest BCUT2D eigenvalue weighted by atomic mass is 9.96. The van der Waals surface area contributed by atoms with Crippen LogP contribution in [0.5, 0.6) is 5.75 Å². The van der Waals surface area contributed by atoms with Crippen LogP contribution in [0.15, 0.2) is 24.3 Å². The second kappa shape index (κ2) is 9.04. The molecule has 4 heteroatoms. The molecular weight excluding hydrogens is 266 g/mol. The highest BCUT2D eigenvalue weighted by Crippen LogP contribution is 2.14. The van der Waals surface area contributed by atoms with Crippen LogP contribution in [0.2, 0.25) is 0 Å². The zero-order valence-corrected chi connectivity index (χ0v) is 12.6. The molecule has 0 spiro atoms. The number of carbonyl (C=O) groups excluding carboxylic acids is 1. The Balaban J connectivity index is 2.50. The van der Waals surface area contributed by atoms with Gasteiger partial charge in [0.2, 0.25) is 0 Å². The van der Waals surface area contributed by atoms with Crippen molar-refractivity contribution in [3.8, 4) is 18.1 Å². The summed E-state index contributed by atoms with van der Waals surface area (Å²) in [5.74, 6) is 3.01. The Hall–Kier alpha value is -1.99. The van der Waals surface area contributed by atoms with Crippen LogP contribution < -0.4 is 10.1 Å². The van der Waals surface area contributed by atoms with Crippen molar-refractivity contribution in [2.24, 2.45) is 5.92 Å². The summed E-state index contributed by atoms with van der Waals surface area (Å²) in [6.07, 6.45) is 6.39. The zero-order chi connectivity index (χ0) is 15.7. The first-order valence-corrected chi connectivity index (χ1v) is 7.24. The van der Waals surface area contributed by atoms with Gasteiger partial charge in [0.25, 0.3) is 5.91 Å². The molecule has 0 aliphatic carbocycles. The molecule has 0 aliphatic heterocycles. The molecule has 0 saturated heterocycles. The normalized spacial score (nSPS) is 11.8. The molecule has 114 valence electrons. The maximum atomic E-state index is 12.0. The van der Waals surface area contributed by atoms with Crippen LogP contribution in [0.1, 0.15) is 37.0 Å². The van der Waals surface area contributed by atoms with Gasteiger partial charge in [-0.1, -0.05) is 32.6 Å². The lowest BCUT2D eigenvalue weighted by Gasteiger charge is -2.20. The SMILES string of the molecule is C#CCOc1ccc(C(=O)NCC(O)C(CC)CC)cc1. The van der Waals surface area contributed by atoms with Crippen molar-refractivity contribution in [2.75, 3.05) is 13.2 Å². The van der Waals surface area contributed by atoms with Crippen molar-refractivity contribution >= 4 is 5.91 Å². The first kappa shape index (κ1) is 17.1. The summed E-state index contributed by atoms with van der Waals surface area (Å²) in [5.41, 5.74) is 0.528. The number of aliphatic hydroxyl groups excluding tert-OH is 1. The molecule has 0 radical (unpaired) electrons. The number of benzene rings is 1. The number of amides is 1. The van der Waals surface area contributed by atoms with Crippen molar-refractivity contribution in [1.82, 2.24) is 5.32 Å². The first-order chi connectivity index (χ1) is 10.1. The summed E-state index contributed by atoms with van der Waals surface area (Å²) >= 11 is 0. The monoisotopic (exact) mass is 289 g/mol. The fraction of sp³-hybridized carbons (Fsp3) is 0.471. The minimum Gasteiger partial charge on any atom is -0.481 e. The number of aliphatic hydroxyl groups is 1. The molecule has 0 saturated carbocycles. The van der Waals surface area contributed by atoms with Crippen LogP contribution in [0.3, 0.4) is 0 Å². The van der Waals surface area contributed by atoms with E-state index in [0.717, 1.165) is 12.8 Å². The molecule has 0 fully saturated rings. The number of rotatable bonds is 8. The summed E-state index contributed by atoms with van der Waals surface area (Å²) in [6.45, 7) is 4.54. The number of ether oxygens (including phenoxy) is 1. The third kappa shape index (κ3) is 5.49. The van der Waals surface area contributed by atoms with Gasteiger partial charge in [0.1, 0.15) is 12.4 Å². The highest BCUT2D eigenvalue weighted by Gasteiger charge is 2.16. The molecule has 21 heavy (non-hydrogen) atoms. The quantitative estimate of drug-likeness (QED) is 0.722. The predicted molar refractivity (Wildman–Crippen MR) is 83.2 cm³/mol. The van der Waals surface area contributed by atoms with Crippen molar-refractivity contribution < 1.29 is 14.6 Å². The van der Waals surface area contributed by atoms with E-state index in [0.29, 0.717) is 11.3 Å². The molecule has 1 amide bonds. The molecule has 0 bridgehead atoms. The maximum absolute atomic E-state index is 12.0. The largest absolute Gasteiger partial charge is 0.481 e. The van der Waals surface area contributed by atoms with E-state index < -0.39 is 6.10 Å². The summed E-state index contributed by atoms with van der Waals surface area (Å²) < 4.78 is 5.24. The van der Waals surface area contributed by atoms with E-state index in [1.165, 1.54) is 0 Å². The minimum absolute atomic E-state index is 0.202. The van der Waals surface area contributed by atoms with E-state index in [-0.39, 0.29) is 25.0 Å². The Morgan fingerprint density at radius 2 is 1.95 bits per heavy atom. The Labute approximate surface area is 126 Å². The number of terminal acetylenes is 1. The average Bonchev–Trinajstić information content (AvgIpc) is 2.52. The van der Waals surface area contributed by atoms with Crippen LogP contribution in [0, 0.1) is 18.3 Å². The van der Waals surface area contributed by atoms with Gasteiger partial charge in [-0.25, -0.2) is 0 Å². The maximum Gasteiger partial charge on any atom is 0.251 e. The van der Waals surface area contributed by atoms with Crippen LogP contribution in [0.25, 0.3) is 0 Å². The topological polar surface area (TPSA) is 58.6 Å². The van der Waals surface area contributed by atoms with Gasteiger partial charge in [-0.3, -0.25) is 4.79 Å². The lowest BCUT2D eigenvalue weighted by molar-refractivity contribution is 0.0816. The van der Waals surface area contributed by atoms with Crippen LogP contribution >= 0.6 is 0 Å². The minimum atomic E-state index is -0.512. The van der Waals surface area contributed by atoms with Crippen molar-refractivity contribution in [2.45, 2.75) is 32.8 Å². The molecule has 1 atom stereocenters. The van der Waals surface area contributed by atoms with E-state index in [9.17, 15) is 9.90 Å². The van der Waals surface area contributed by atoms with E-state index >= 15 is 0 Å². The number of nitrogens with one attached hydrogen (secondary N) is 1. The van der Waals surface area contributed by atoms with Crippen molar-refractivity contribution in [1.29, 1.82) is 0 Å². The Morgan fingerprint density at radius 3 is 2.48 bits per heavy atom. The standard InChI is InChI=1S/C17H23NO3/c1-4-11-21-15-9-7-14(8-10-15)17(20)18-12-16(19)13(5-2)6-3/h1,7-10,13,16,19H,5-6,11-12H2,2-3H3,(H,18,20). The van der Waals surface area contributed by atoms with Crippen LogP contribution in [0.4, 0.5) is 0 Å². The lowest BCUT2D eigenvalue weighted by Crippen LogP contribution is -2.36. The smallest absolute Gasteiger partial charge is 0.251 e. The van der Waals surface area contributed by atoms with Gasteiger partial charge in [0.05, 0.1) is 6.10 Å². The summed E-state index contributed by atoms with van der Waals surface area (Å²) in [5, 5.41) is 12.7. The highest BCUT2D eigenvalue weighted by atomic mass is 16.5.